The van der Waals surface area contributed by atoms with Gasteiger partial charge in [-0.05, 0) is 25.0 Å². The third-order valence-electron chi connectivity index (χ3n) is 3.60. The van der Waals surface area contributed by atoms with E-state index in [2.05, 4.69) is 27.5 Å². The molecular weight excluding hydrogens is 288 g/mol. The second-order valence-electron chi connectivity index (χ2n) is 5.51. The number of benzene rings is 1. The molecule has 0 aliphatic carbocycles. The number of nitrogens with one attached hydrogen (secondary N) is 2. The second kappa shape index (κ2) is 8.88. The van der Waals surface area contributed by atoms with Crippen molar-refractivity contribution in [3.63, 3.8) is 0 Å². The molecule has 0 fully saturated rings. The van der Waals surface area contributed by atoms with Crippen LogP contribution in [0.3, 0.4) is 0 Å². The Morgan fingerprint density at radius 1 is 1.17 bits per heavy atom. The number of carbonyl (C=O) groups excluding carboxylic acids is 1. The van der Waals surface area contributed by atoms with Crippen LogP contribution < -0.4 is 10.6 Å². The molecule has 0 saturated heterocycles. The van der Waals surface area contributed by atoms with E-state index in [1.54, 1.807) is 12.3 Å². The molecule has 1 aromatic carbocycles. The maximum Gasteiger partial charge on any atom is 0.270 e. The summed E-state index contributed by atoms with van der Waals surface area (Å²) in [5.74, 6) is 0.307. The highest BCUT2D eigenvalue weighted by Crippen LogP contribution is 2.16. The van der Waals surface area contributed by atoms with Crippen LogP contribution in [0.25, 0.3) is 0 Å². The fourth-order valence-corrected chi connectivity index (χ4v) is 2.24. The van der Waals surface area contributed by atoms with E-state index in [9.17, 15) is 4.79 Å². The van der Waals surface area contributed by atoms with Crippen LogP contribution in [0.15, 0.2) is 42.6 Å². The summed E-state index contributed by atoms with van der Waals surface area (Å²) in [5, 5.41) is 6.12. The lowest BCUT2D eigenvalue weighted by Crippen LogP contribution is -2.25. The normalized spacial score (nSPS) is 11.7. The van der Waals surface area contributed by atoms with Gasteiger partial charge in [0.1, 0.15) is 5.69 Å². The molecule has 0 saturated carbocycles. The van der Waals surface area contributed by atoms with Gasteiger partial charge in [-0.3, -0.25) is 4.79 Å². The van der Waals surface area contributed by atoms with E-state index in [-0.39, 0.29) is 11.9 Å². The van der Waals surface area contributed by atoms with Gasteiger partial charge in [-0.15, -0.1) is 0 Å². The molecule has 23 heavy (non-hydrogen) atoms. The topological polar surface area (TPSA) is 66.9 Å². The summed E-state index contributed by atoms with van der Waals surface area (Å²) >= 11 is 0. The van der Waals surface area contributed by atoms with Gasteiger partial charge in [0, 0.05) is 12.7 Å². The van der Waals surface area contributed by atoms with E-state index in [1.165, 1.54) is 0 Å². The molecule has 2 rings (SSSR count). The van der Waals surface area contributed by atoms with Crippen LogP contribution in [0.5, 0.6) is 0 Å². The van der Waals surface area contributed by atoms with Crippen molar-refractivity contribution < 1.29 is 4.79 Å². The van der Waals surface area contributed by atoms with Crippen LogP contribution in [0.2, 0.25) is 0 Å². The van der Waals surface area contributed by atoms with E-state index >= 15 is 0 Å². The van der Waals surface area contributed by atoms with Crippen molar-refractivity contribution in [1.82, 2.24) is 15.3 Å². The summed E-state index contributed by atoms with van der Waals surface area (Å²) in [6.45, 7) is 4.86. The molecular formula is C18H24N4O. The molecule has 5 heteroatoms. The van der Waals surface area contributed by atoms with Crippen molar-refractivity contribution in [1.29, 1.82) is 0 Å². The van der Waals surface area contributed by atoms with Gasteiger partial charge in [0.2, 0.25) is 5.95 Å². The molecule has 0 spiro atoms. The predicted molar refractivity (Wildman–Crippen MR) is 92.4 cm³/mol. The van der Waals surface area contributed by atoms with Gasteiger partial charge in [-0.25, -0.2) is 9.97 Å². The summed E-state index contributed by atoms with van der Waals surface area (Å²) in [6, 6.07) is 11.8. The lowest BCUT2D eigenvalue weighted by molar-refractivity contribution is 0.0948. The first-order valence-electron chi connectivity index (χ1n) is 8.13. The SMILES string of the molecule is CCCCCNC(=O)c1ccnc(NC(C)c2ccccc2)n1. The molecule has 0 aliphatic heterocycles. The zero-order chi connectivity index (χ0) is 16.5. The number of hydrogen-bond acceptors (Lipinski definition) is 4. The molecule has 0 radical (unpaired) electrons. The largest absolute Gasteiger partial charge is 0.351 e. The van der Waals surface area contributed by atoms with Gasteiger partial charge >= 0.3 is 0 Å². The van der Waals surface area contributed by atoms with Crippen molar-refractivity contribution in [2.75, 3.05) is 11.9 Å². The lowest BCUT2D eigenvalue weighted by atomic mass is 10.1. The van der Waals surface area contributed by atoms with Crippen LogP contribution in [0.1, 0.15) is 55.2 Å². The van der Waals surface area contributed by atoms with E-state index in [0.717, 1.165) is 24.8 Å². The van der Waals surface area contributed by atoms with Crippen LogP contribution in [-0.4, -0.2) is 22.4 Å². The Kier molecular flexibility index (Phi) is 6.54. The summed E-state index contributed by atoms with van der Waals surface area (Å²) < 4.78 is 0. The summed E-state index contributed by atoms with van der Waals surface area (Å²) in [4.78, 5) is 20.6. The average molecular weight is 312 g/mol. The molecule has 2 aromatic rings. The second-order valence-corrected chi connectivity index (χ2v) is 5.51. The van der Waals surface area contributed by atoms with Crippen LogP contribution in [0.4, 0.5) is 5.95 Å². The fraction of sp³-hybridized carbons (Fsp3) is 0.389. The Morgan fingerprint density at radius 2 is 1.96 bits per heavy atom. The molecule has 1 heterocycles. The molecule has 122 valence electrons. The minimum Gasteiger partial charge on any atom is -0.351 e. The van der Waals surface area contributed by atoms with Crippen molar-refractivity contribution in [2.24, 2.45) is 0 Å². The molecule has 0 aliphatic rings. The van der Waals surface area contributed by atoms with Gasteiger partial charge in [0.15, 0.2) is 0 Å². The van der Waals surface area contributed by atoms with Crippen molar-refractivity contribution in [2.45, 2.75) is 39.2 Å². The quantitative estimate of drug-likeness (QED) is 0.731. The zero-order valence-corrected chi connectivity index (χ0v) is 13.7. The molecule has 1 amide bonds. The first-order chi connectivity index (χ1) is 11.2. The number of anilines is 1. The molecule has 2 N–H and O–H groups in total. The Hall–Kier alpha value is -2.43. The van der Waals surface area contributed by atoms with Gasteiger partial charge < -0.3 is 10.6 Å². The zero-order valence-electron chi connectivity index (χ0n) is 13.7. The Labute approximate surface area is 137 Å². The first-order valence-corrected chi connectivity index (χ1v) is 8.13. The molecule has 1 aromatic heterocycles. The number of nitrogens with zero attached hydrogens (tertiary/aromatic N) is 2. The van der Waals surface area contributed by atoms with E-state index in [1.807, 2.05) is 37.3 Å². The van der Waals surface area contributed by atoms with Crippen LogP contribution in [0, 0.1) is 0 Å². The number of unbranched alkanes of at least 4 members (excludes halogenated alkanes) is 2. The van der Waals surface area contributed by atoms with Crippen molar-refractivity contribution in [3.05, 3.63) is 53.9 Å². The van der Waals surface area contributed by atoms with Crippen molar-refractivity contribution >= 4 is 11.9 Å². The molecule has 1 atom stereocenters. The predicted octanol–water partition coefficient (Wildman–Crippen LogP) is 3.57. The smallest absolute Gasteiger partial charge is 0.270 e. The van der Waals surface area contributed by atoms with E-state index in [0.29, 0.717) is 18.2 Å². The number of rotatable bonds is 8. The van der Waals surface area contributed by atoms with E-state index in [4.69, 9.17) is 0 Å². The first kappa shape index (κ1) is 16.9. The standard InChI is InChI=1S/C18H24N4O/c1-3-4-8-12-19-17(23)16-11-13-20-18(22-16)21-14(2)15-9-6-5-7-10-15/h5-7,9-11,13-14H,3-4,8,12H2,1-2H3,(H,19,23)(H,20,21,22). The summed E-state index contributed by atoms with van der Waals surface area (Å²) in [6.07, 6.45) is 4.84. The maximum atomic E-state index is 12.1. The van der Waals surface area contributed by atoms with E-state index < -0.39 is 0 Å². The average Bonchev–Trinajstić information content (AvgIpc) is 2.59. The highest BCUT2D eigenvalue weighted by molar-refractivity contribution is 5.92. The Balaban J connectivity index is 1.95. The highest BCUT2D eigenvalue weighted by Gasteiger charge is 2.10. The van der Waals surface area contributed by atoms with Crippen LogP contribution >= 0.6 is 0 Å². The fourth-order valence-electron chi connectivity index (χ4n) is 2.24. The summed E-state index contributed by atoms with van der Waals surface area (Å²) in [7, 11) is 0. The third kappa shape index (κ3) is 5.36. The Bertz CT molecular complexity index is 615. The van der Waals surface area contributed by atoms with Gasteiger partial charge in [0.25, 0.3) is 5.91 Å². The minimum atomic E-state index is -0.154. The highest BCUT2D eigenvalue weighted by atomic mass is 16.1. The molecule has 1 unspecified atom stereocenters. The maximum absolute atomic E-state index is 12.1. The number of aromatic nitrogens is 2. The number of amides is 1. The van der Waals surface area contributed by atoms with Gasteiger partial charge in [0.05, 0.1) is 6.04 Å². The van der Waals surface area contributed by atoms with Gasteiger partial charge in [-0.1, -0.05) is 50.1 Å². The molecule has 0 bridgehead atoms. The summed E-state index contributed by atoms with van der Waals surface area (Å²) in [5.41, 5.74) is 1.53. The Morgan fingerprint density at radius 3 is 2.70 bits per heavy atom. The van der Waals surface area contributed by atoms with Gasteiger partial charge in [-0.2, -0.15) is 0 Å². The van der Waals surface area contributed by atoms with Crippen LogP contribution in [-0.2, 0) is 0 Å². The number of hydrogen-bond donors (Lipinski definition) is 2. The third-order valence-corrected chi connectivity index (χ3v) is 3.60. The van der Waals surface area contributed by atoms with Crippen molar-refractivity contribution in [3.8, 4) is 0 Å². The molecule has 5 nitrogen and oxygen atoms in total. The lowest BCUT2D eigenvalue weighted by Gasteiger charge is -2.14. The minimum absolute atomic E-state index is 0.0686. The number of carbonyl (C=O) groups is 1. The monoisotopic (exact) mass is 312 g/mol.